The van der Waals surface area contributed by atoms with Gasteiger partial charge in [-0.1, -0.05) is 11.6 Å². The van der Waals surface area contributed by atoms with Crippen molar-refractivity contribution in [1.82, 2.24) is 0 Å². The van der Waals surface area contributed by atoms with Gasteiger partial charge in [0.05, 0.1) is 24.1 Å². The molecule has 0 aliphatic rings. The van der Waals surface area contributed by atoms with Crippen molar-refractivity contribution in [1.29, 1.82) is 5.26 Å². The van der Waals surface area contributed by atoms with Crippen molar-refractivity contribution in [3.8, 4) is 6.07 Å². The molecule has 0 spiro atoms. The first-order chi connectivity index (χ1) is 7.67. The number of benzene rings is 1. The van der Waals surface area contributed by atoms with Crippen LogP contribution in [0.1, 0.15) is 12.0 Å². The number of ether oxygens (including phenoxy) is 1. The molecule has 0 aliphatic heterocycles. The Morgan fingerprint density at radius 2 is 2.38 bits per heavy atom. The van der Waals surface area contributed by atoms with Gasteiger partial charge in [-0.3, -0.25) is 4.79 Å². The maximum absolute atomic E-state index is 10.9. The average Bonchev–Trinajstić information content (AvgIpc) is 2.29. The fourth-order valence-corrected chi connectivity index (χ4v) is 2.19. The summed E-state index contributed by atoms with van der Waals surface area (Å²) in [7, 11) is 1.37. The average molecular weight is 256 g/mol. The minimum atomic E-state index is -0.229. The van der Waals surface area contributed by atoms with E-state index in [9.17, 15) is 4.79 Å². The van der Waals surface area contributed by atoms with Gasteiger partial charge in [-0.25, -0.2) is 0 Å². The van der Waals surface area contributed by atoms with E-state index in [2.05, 4.69) is 4.74 Å². The zero-order chi connectivity index (χ0) is 12.0. The van der Waals surface area contributed by atoms with Crippen LogP contribution in [0.15, 0.2) is 23.1 Å². The van der Waals surface area contributed by atoms with Crippen molar-refractivity contribution in [2.24, 2.45) is 0 Å². The second kappa shape index (κ2) is 6.41. The van der Waals surface area contributed by atoms with Crippen LogP contribution in [-0.4, -0.2) is 18.8 Å². The molecule has 0 aromatic heterocycles. The summed E-state index contributed by atoms with van der Waals surface area (Å²) in [6.07, 6.45) is 0.360. The maximum Gasteiger partial charge on any atom is 0.306 e. The van der Waals surface area contributed by atoms with Crippen molar-refractivity contribution in [2.45, 2.75) is 11.3 Å². The second-order valence-electron chi connectivity index (χ2n) is 2.93. The molecular formula is C11H10ClNO2S. The molecule has 0 atom stereocenters. The van der Waals surface area contributed by atoms with Crippen LogP contribution in [0.4, 0.5) is 0 Å². The third-order valence-corrected chi connectivity index (χ3v) is 3.17. The highest BCUT2D eigenvalue weighted by Gasteiger charge is 2.03. The number of hydrogen-bond acceptors (Lipinski definition) is 4. The number of rotatable bonds is 4. The van der Waals surface area contributed by atoms with Crippen LogP contribution in [-0.2, 0) is 9.53 Å². The van der Waals surface area contributed by atoms with E-state index in [0.717, 1.165) is 4.90 Å². The van der Waals surface area contributed by atoms with E-state index < -0.39 is 0 Å². The van der Waals surface area contributed by atoms with Gasteiger partial charge in [-0.2, -0.15) is 5.26 Å². The summed E-state index contributed by atoms with van der Waals surface area (Å²) in [6, 6.07) is 7.20. The Morgan fingerprint density at radius 1 is 1.62 bits per heavy atom. The predicted molar refractivity (Wildman–Crippen MR) is 63.5 cm³/mol. The van der Waals surface area contributed by atoms with Crippen LogP contribution in [0.5, 0.6) is 0 Å². The molecule has 5 heteroatoms. The number of thioether (sulfide) groups is 1. The standard InChI is InChI=1S/C11H10ClNO2S/c1-15-11(14)4-5-16-9-3-2-8(7-13)10(12)6-9/h2-3,6H,4-5H2,1H3. The van der Waals surface area contributed by atoms with E-state index in [4.69, 9.17) is 16.9 Å². The first-order valence-corrected chi connectivity index (χ1v) is 5.93. The second-order valence-corrected chi connectivity index (χ2v) is 4.50. The molecule has 0 saturated carbocycles. The Balaban J connectivity index is 2.53. The van der Waals surface area contributed by atoms with Gasteiger partial charge >= 0.3 is 5.97 Å². The molecule has 0 fully saturated rings. The van der Waals surface area contributed by atoms with Crippen LogP contribution in [0.2, 0.25) is 5.02 Å². The number of nitriles is 1. The van der Waals surface area contributed by atoms with Crippen LogP contribution >= 0.6 is 23.4 Å². The molecule has 1 aromatic carbocycles. The summed E-state index contributed by atoms with van der Waals surface area (Å²) in [5.74, 6) is 0.404. The zero-order valence-corrected chi connectivity index (χ0v) is 10.3. The summed E-state index contributed by atoms with van der Waals surface area (Å²) in [5.41, 5.74) is 0.457. The van der Waals surface area contributed by atoms with E-state index in [1.54, 1.807) is 12.1 Å². The SMILES string of the molecule is COC(=O)CCSc1ccc(C#N)c(Cl)c1. The number of esters is 1. The molecule has 0 saturated heterocycles. The zero-order valence-electron chi connectivity index (χ0n) is 8.70. The first-order valence-electron chi connectivity index (χ1n) is 4.56. The van der Waals surface area contributed by atoms with E-state index in [0.29, 0.717) is 22.8 Å². The molecule has 0 bridgehead atoms. The predicted octanol–water partition coefficient (Wildman–Crippen LogP) is 2.87. The molecule has 1 rings (SSSR count). The molecule has 84 valence electrons. The molecule has 0 heterocycles. The summed E-state index contributed by atoms with van der Waals surface area (Å²) in [6.45, 7) is 0. The van der Waals surface area contributed by atoms with E-state index in [-0.39, 0.29) is 5.97 Å². The van der Waals surface area contributed by atoms with Gasteiger partial charge in [-0.05, 0) is 18.2 Å². The molecule has 0 aliphatic carbocycles. The summed E-state index contributed by atoms with van der Waals surface area (Å²) in [4.78, 5) is 11.8. The van der Waals surface area contributed by atoms with E-state index in [1.807, 2.05) is 12.1 Å². The van der Waals surface area contributed by atoms with Crippen molar-refractivity contribution in [2.75, 3.05) is 12.9 Å². The van der Waals surface area contributed by atoms with Gasteiger partial charge in [-0.15, -0.1) is 11.8 Å². The van der Waals surface area contributed by atoms with Crippen molar-refractivity contribution < 1.29 is 9.53 Å². The summed E-state index contributed by atoms with van der Waals surface area (Å²) >= 11 is 7.37. The number of halogens is 1. The normalized spacial score (nSPS) is 9.56. The minimum Gasteiger partial charge on any atom is -0.469 e. The largest absolute Gasteiger partial charge is 0.469 e. The first kappa shape index (κ1) is 12.9. The molecule has 3 nitrogen and oxygen atoms in total. The van der Waals surface area contributed by atoms with Crippen LogP contribution in [0.25, 0.3) is 0 Å². The van der Waals surface area contributed by atoms with Crippen molar-refractivity contribution in [3.05, 3.63) is 28.8 Å². The molecule has 0 radical (unpaired) electrons. The fraction of sp³-hybridized carbons (Fsp3) is 0.273. The lowest BCUT2D eigenvalue weighted by Gasteiger charge is -2.02. The molecular weight excluding hydrogens is 246 g/mol. The van der Waals surface area contributed by atoms with Crippen LogP contribution in [0.3, 0.4) is 0 Å². The number of methoxy groups -OCH3 is 1. The van der Waals surface area contributed by atoms with Gasteiger partial charge in [0.2, 0.25) is 0 Å². The molecule has 0 unspecified atom stereocenters. The highest BCUT2D eigenvalue weighted by atomic mass is 35.5. The number of carbonyl (C=O) groups is 1. The Kier molecular flexibility index (Phi) is 5.17. The maximum atomic E-state index is 10.9. The smallest absolute Gasteiger partial charge is 0.306 e. The highest BCUT2D eigenvalue weighted by molar-refractivity contribution is 7.99. The third-order valence-electron chi connectivity index (χ3n) is 1.86. The third kappa shape index (κ3) is 3.76. The number of carbonyl (C=O) groups excluding carboxylic acids is 1. The lowest BCUT2D eigenvalue weighted by atomic mass is 10.2. The summed E-state index contributed by atoms with van der Waals surface area (Å²) < 4.78 is 4.53. The molecule has 16 heavy (non-hydrogen) atoms. The van der Waals surface area contributed by atoms with Crippen LogP contribution in [0, 0.1) is 11.3 Å². The molecule has 0 amide bonds. The topological polar surface area (TPSA) is 50.1 Å². The van der Waals surface area contributed by atoms with E-state index in [1.165, 1.54) is 18.9 Å². The Morgan fingerprint density at radius 3 is 2.94 bits per heavy atom. The lowest BCUT2D eigenvalue weighted by molar-refractivity contribution is -0.140. The van der Waals surface area contributed by atoms with Gasteiger partial charge in [0.1, 0.15) is 6.07 Å². The van der Waals surface area contributed by atoms with Crippen molar-refractivity contribution >= 4 is 29.3 Å². The Labute approximate surface area is 103 Å². The quantitative estimate of drug-likeness (QED) is 0.613. The minimum absolute atomic E-state index is 0.229. The number of nitrogens with zero attached hydrogens (tertiary/aromatic N) is 1. The lowest BCUT2D eigenvalue weighted by Crippen LogP contribution is -2.00. The monoisotopic (exact) mass is 255 g/mol. The van der Waals surface area contributed by atoms with Gasteiger partial charge < -0.3 is 4.74 Å². The molecule has 1 aromatic rings. The fourth-order valence-electron chi connectivity index (χ4n) is 1.03. The van der Waals surface area contributed by atoms with Gasteiger partial charge in [0.25, 0.3) is 0 Å². The van der Waals surface area contributed by atoms with Gasteiger partial charge in [0, 0.05) is 10.6 Å². The summed E-state index contributed by atoms with van der Waals surface area (Å²) in [5, 5.41) is 9.12. The number of hydrogen-bond donors (Lipinski definition) is 0. The Bertz CT molecular complexity index is 428. The molecule has 0 N–H and O–H groups in total. The highest BCUT2D eigenvalue weighted by Crippen LogP contribution is 2.25. The van der Waals surface area contributed by atoms with Crippen molar-refractivity contribution in [3.63, 3.8) is 0 Å². The van der Waals surface area contributed by atoms with Crippen LogP contribution < -0.4 is 0 Å². The van der Waals surface area contributed by atoms with E-state index >= 15 is 0 Å². The Hall–Kier alpha value is -1.18. The van der Waals surface area contributed by atoms with Gasteiger partial charge in [0.15, 0.2) is 0 Å².